The van der Waals surface area contributed by atoms with Crippen molar-refractivity contribution in [3.8, 4) is 6.07 Å². The average molecular weight is 205 g/mol. The van der Waals surface area contributed by atoms with Gasteiger partial charge in [0.25, 0.3) is 0 Å². The molecule has 80 valence electrons. The van der Waals surface area contributed by atoms with Crippen molar-refractivity contribution in [2.75, 3.05) is 0 Å². The Labute approximate surface area is 90.3 Å². The summed E-state index contributed by atoms with van der Waals surface area (Å²) in [5.41, 5.74) is 1.11. The van der Waals surface area contributed by atoms with E-state index in [2.05, 4.69) is 13.2 Å². The summed E-state index contributed by atoms with van der Waals surface area (Å²) < 4.78 is 0. The van der Waals surface area contributed by atoms with Crippen molar-refractivity contribution in [3.05, 3.63) is 48.6 Å². The second-order valence-corrected chi connectivity index (χ2v) is 2.54. The maximum Gasteiger partial charge on any atom is 0.331 e. The summed E-state index contributed by atoms with van der Waals surface area (Å²) in [6.07, 6.45) is 6.22. The lowest BCUT2D eigenvalue weighted by Gasteiger charge is -1.95. The van der Waals surface area contributed by atoms with Crippen molar-refractivity contribution in [2.24, 2.45) is 0 Å². The highest BCUT2D eigenvalue weighted by Crippen LogP contribution is 2.04. The van der Waals surface area contributed by atoms with Crippen molar-refractivity contribution in [3.63, 3.8) is 0 Å². The van der Waals surface area contributed by atoms with Crippen molar-refractivity contribution in [1.29, 1.82) is 5.26 Å². The lowest BCUT2D eigenvalue weighted by Crippen LogP contribution is -1.97. The zero-order chi connectivity index (χ0) is 12.3. The Kier molecular flexibility index (Phi) is 10.3. The smallest absolute Gasteiger partial charge is 0.331 e. The second-order valence-electron chi connectivity index (χ2n) is 2.54. The van der Waals surface area contributed by atoms with Gasteiger partial charge in [-0.15, -0.1) is 0 Å². The van der Waals surface area contributed by atoms with E-state index in [1.165, 1.54) is 6.08 Å². The molecule has 0 spiro atoms. The number of nitrogens with zero attached hydrogens (tertiary/aromatic N) is 1. The molecular formula is C12H15NO2. The Morgan fingerprint density at radius 2 is 1.87 bits per heavy atom. The standard InChI is InChI=1S/C9H12O2.C3H3N/c1-4-5-6-7(2)8(3)9(10)11;1-2-3-4/h4-6H,1H2,2-3H3,(H,10,11);2H,1H2. The van der Waals surface area contributed by atoms with Gasteiger partial charge < -0.3 is 5.11 Å². The summed E-state index contributed by atoms with van der Waals surface area (Å²) in [6, 6.07) is 1.69. The van der Waals surface area contributed by atoms with Crippen LogP contribution in [0.2, 0.25) is 0 Å². The topological polar surface area (TPSA) is 61.1 Å². The van der Waals surface area contributed by atoms with Crippen LogP contribution in [0.4, 0.5) is 0 Å². The number of aliphatic carboxylic acids is 1. The zero-order valence-corrected chi connectivity index (χ0v) is 9.03. The van der Waals surface area contributed by atoms with Crippen LogP contribution in [0.25, 0.3) is 0 Å². The molecule has 3 heteroatoms. The van der Waals surface area contributed by atoms with Crippen LogP contribution in [0.15, 0.2) is 48.6 Å². The normalized spacial score (nSPS) is 10.5. The minimum absolute atomic E-state index is 0.364. The second kappa shape index (κ2) is 10.0. The van der Waals surface area contributed by atoms with E-state index in [0.29, 0.717) is 5.57 Å². The fourth-order valence-electron chi connectivity index (χ4n) is 0.506. The SMILES string of the molecule is C=CC#N.C=CC=CC(C)=C(C)C(=O)O. The molecule has 0 bridgehead atoms. The molecule has 0 atom stereocenters. The highest BCUT2D eigenvalue weighted by molar-refractivity contribution is 5.87. The van der Waals surface area contributed by atoms with Gasteiger partial charge in [-0.2, -0.15) is 5.26 Å². The van der Waals surface area contributed by atoms with Crippen LogP contribution in [0.1, 0.15) is 13.8 Å². The number of carbonyl (C=O) groups is 1. The molecule has 0 aromatic carbocycles. The van der Waals surface area contributed by atoms with Gasteiger partial charge in [-0.1, -0.05) is 31.4 Å². The van der Waals surface area contributed by atoms with Gasteiger partial charge in [0.2, 0.25) is 0 Å². The monoisotopic (exact) mass is 205 g/mol. The number of hydrogen-bond donors (Lipinski definition) is 1. The number of rotatable bonds is 3. The van der Waals surface area contributed by atoms with Gasteiger partial charge in [0.1, 0.15) is 0 Å². The Hall–Kier alpha value is -2.08. The molecule has 0 fully saturated rings. The molecule has 0 rings (SSSR count). The molecule has 15 heavy (non-hydrogen) atoms. The summed E-state index contributed by atoms with van der Waals surface area (Å²) >= 11 is 0. The number of nitriles is 1. The van der Waals surface area contributed by atoms with Gasteiger partial charge in [-0.25, -0.2) is 4.79 Å². The van der Waals surface area contributed by atoms with Gasteiger partial charge >= 0.3 is 5.97 Å². The average Bonchev–Trinajstić information content (AvgIpc) is 2.24. The summed E-state index contributed by atoms with van der Waals surface area (Å²) in [5.74, 6) is -0.879. The number of carboxylic acid groups (broad SMARTS) is 1. The third-order valence-electron chi connectivity index (χ3n) is 1.49. The van der Waals surface area contributed by atoms with Crippen LogP contribution in [-0.4, -0.2) is 11.1 Å². The Bertz CT molecular complexity index is 330. The molecule has 0 aliphatic rings. The predicted molar refractivity (Wildman–Crippen MR) is 61.2 cm³/mol. The summed E-state index contributed by atoms with van der Waals surface area (Å²) in [4.78, 5) is 10.4. The fourth-order valence-corrected chi connectivity index (χ4v) is 0.506. The number of carboxylic acids is 1. The maximum absolute atomic E-state index is 10.4. The molecule has 0 aliphatic carbocycles. The molecule has 0 amide bonds. The minimum Gasteiger partial charge on any atom is -0.478 e. The quantitative estimate of drug-likeness (QED) is 0.438. The predicted octanol–water partition coefficient (Wildman–Crippen LogP) is 2.85. The molecule has 0 aromatic heterocycles. The first-order valence-electron chi connectivity index (χ1n) is 4.21. The van der Waals surface area contributed by atoms with Crippen molar-refractivity contribution in [1.82, 2.24) is 0 Å². The highest BCUT2D eigenvalue weighted by Gasteiger charge is 2.01. The first-order valence-corrected chi connectivity index (χ1v) is 4.21. The van der Waals surface area contributed by atoms with Crippen molar-refractivity contribution >= 4 is 5.97 Å². The summed E-state index contributed by atoms with van der Waals surface area (Å²) in [6.45, 7) is 9.93. The molecule has 0 aliphatic heterocycles. The molecule has 0 heterocycles. The summed E-state index contributed by atoms with van der Waals surface area (Å²) in [7, 11) is 0. The maximum atomic E-state index is 10.4. The van der Waals surface area contributed by atoms with Crippen LogP contribution in [0.5, 0.6) is 0 Å². The Morgan fingerprint density at radius 3 is 2.13 bits per heavy atom. The van der Waals surface area contributed by atoms with Crippen LogP contribution in [0.3, 0.4) is 0 Å². The minimum atomic E-state index is -0.879. The van der Waals surface area contributed by atoms with Crippen LogP contribution >= 0.6 is 0 Å². The summed E-state index contributed by atoms with van der Waals surface area (Å²) in [5, 5.41) is 16.0. The van der Waals surface area contributed by atoms with Crippen LogP contribution in [-0.2, 0) is 4.79 Å². The van der Waals surface area contributed by atoms with E-state index in [0.717, 1.165) is 5.57 Å². The Morgan fingerprint density at radius 1 is 1.40 bits per heavy atom. The molecule has 0 radical (unpaired) electrons. The Balaban J connectivity index is 0. The lowest BCUT2D eigenvalue weighted by atomic mass is 10.1. The first-order chi connectivity index (χ1) is 7.01. The van der Waals surface area contributed by atoms with Crippen molar-refractivity contribution in [2.45, 2.75) is 13.8 Å². The van der Waals surface area contributed by atoms with E-state index in [4.69, 9.17) is 10.4 Å². The van der Waals surface area contributed by atoms with Crippen LogP contribution in [0, 0.1) is 11.3 Å². The molecule has 0 aromatic rings. The molecular weight excluding hydrogens is 190 g/mol. The van der Waals surface area contributed by atoms with E-state index in [9.17, 15) is 4.79 Å². The van der Waals surface area contributed by atoms with E-state index >= 15 is 0 Å². The number of allylic oxidation sites excluding steroid dienone is 5. The molecule has 0 saturated carbocycles. The van der Waals surface area contributed by atoms with E-state index < -0.39 is 5.97 Å². The molecule has 3 nitrogen and oxygen atoms in total. The van der Waals surface area contributed by atoms with E-state index in [-0.39, 0.29) is 0 Å². The fraction of sp³-hybridized carbons (Fsp3) is 0.167. The van der Waals surface area contributed by atoms with Gasteiger partial charge in [0.05, 0.1) is 6.07 Å². The van der Waals surface area contributed by atoms with Crippen LogP contribution < -0.4 is 0 Å². The van der Waals surface area contributed by atoms with Gasteiger partial charge in [-0.05, 0) is 19.4 Å². The van der Waals surface area contributed by atoms with Gasteiger partial charge in [0, 0.05) is 11.6 Å². The molecule has 0 saturated heterocycles. The number of hydrogen-bond acceptors (Lipinski definition) is 2. The first kappa shape index (κ1) is 15.4. The third kappa shape index (κ3) is 9.84. The van der Waals surface area contributed by atoms with E-state index in [1.54, 1.807) is 38.1 Å². The highest BCUT2D eigenvalue weighted by atomic mass is 16.4. The van der Waals surface area contributed by atoms with Gasteiger partial charge in [-0.3, -0.25) is 0 Å². The molecule has 0 unspecified atom stereocenters. The van der Waals surface area contributed by atoms with Crippen molar-refractivity contribution < 1.29 is 9.90 Å². The molecule has 1 N–H and O–H groups in total. The third-order valence-corrected chi connectivity index (χ3v) is 1.49. The van der Waals surface area contributed by atoms with Gasteiger partial charge in [0.15, 0.2) is 0 Å². The van der Waals surface area contributed by atoms with E-state index in [1.807, 2.05) is 0 Å². The lowest BCUT2D eigenvalue weighted by molar-refractivity contribution is -0.132. The largest absolute Gasteiger partial charge is 0.478 e. The zero-order valence-electron chi connectivity index (χ0n) is 9.03.